The molecule has 0 unspecified atom stereocenters. The molecule has 0 aliphatic heterocycles. The van der Waals surface area contributed by atoms with Crippen LogP contribution in [0.3, 0.4) is 0 Å². The molecule has 0 aliphatic rings. The second-order valence-electron chi connectivity index (χ2n) is 9.18. The van der Waals surface area contributed by atoms with E-state index in [1.165, 1.54) is 69.8 Å². The van der Waals surface area contributed by atoms with Crippen molar-refractivity contribution in [3.63, 3.8) is 0 Å². The van der Waals surface area contributed by atoms with Crippen LogP contribution < -0.4 is 4.74 Å². The first-order valence-electron chi connectivity index (χ1n) is 13.6. The molecule has 0 saturated carbocycles. The molecule has 0 spiro atoms. The first kappa shape index (κ1) is 27.4. The average Bonchev–Trinajstić information content (AvgIpc) is 2.85. The number of hydrogen-bond donors (Lipinski definition) is 0. The molecule has 33 heavy (non-hydrogen) atoms. The molecule has 1 heterocycles. The molecule has 3 nitrogen and oxygen atoms in total. The fraction of sp³-hybridized carbons (Fsp3) is 0.633. The summed E-state index contributed by atoms with van der Waals surface area (Å²) in [7, 11) is 0. The maximum absolute atomic E-state index is 5.94. The zero-order chi connectivity index (χ0) is 23.4. The van der Waals surface area contributed by atoms with E-state index >= 15 is 0 Å². The van der Waals surface area contributed by atoms with Gasteiger partial charge in [0.05, 0.1) is 12.3 Å². The van der Waals surface area contributed by atoms with Gasteiger partial charge < -0.3 is 9.47 Å². The molecule has 1 aromatic heterocycles. The lowest BCUT2D eigenvalue weighted by molar-refractivity contribution is 0.129. The Morgan fingerprint density at radius 3 is 1.88 bits per heavy atom. The highest BCUT2D eigenvalue weighted by Gasteiger charge is 2.02. The minimum atomic E-state index is 0.810. The van der Waals surface area contributed by atoms with Crippen molar-refractivity contribution in [2.24, 2.45) is 0 Å². The van der Waals surface area contributed by atoms with Gasteiger partial charge in [0.25, 0.3) is 0 Å². The molecule has 0 aliphatic carbocycles. The Kier molecular flexibility index (Phi) is 15.4. The Labute approximate surface area is 203 Å². The Balaban J connectivity index is 1.57. The van der Waals surface area contributed by atoms with Gasteiger partial charge >= 0.3 is 0 Å². The topological polar surface area (TPSA) is 31.4 Å². The van der Waals surface area contributed by atoms with Gasteiger partial charge in [-0.3, -0.25) is 4.98 Å². The minimum absolute atomic E-state index is 0.810. The Hall–Kier alpha value is -1.87. The predicted octanol–water partition coefficient (Wildman–Crippen LogP) is 8.80. The van der Waals surface area contributed by atoms with Crippen LogP contribution in [0.25, 0.3) is 11.3 Å². The predicted molar refractivity (Wildman–Crippen MR) is 141 cm³/mol. The van der Waals surface area contributed by atoms with Crippen molar-refractivity contribution in [2.75, 3.05) is 19.8 Å². The molecular formula is C30H47NO2. The quantitative estimate of drug-likeness (QED) is 0.188. The highest BCUT2D eigenvalue weighted by Crippen LogP contribution is 2.21. The molecule has 3 heteroatoms. The first-order valence-corrected chi connectivity index (χ1v) is 13.6. The number of pyridine rings is 1. The lowest BCUT2D eigenvalue weighted by atomic mass is 10.1. The molecule has 0 N–H and O–H groups in total. The van der Waals surface area contributed by atoms with Crippen LogP contribution in [0.5, 0.6) is 5.75 Å². The fourth-order valence-corrected chi connectivity index (χ4v) is 3.97. The minimum Gasteiger partial charge on any atom is -0.494 e. The summed E-state index contributed by atoms with van der Waals surface area (Å²) in [5, 5.41) is 0. The molecule has 0 amide bonds. The van der Waals surface area contributed by atoms with E-state index in [2.05, 4.69) is 55.2 Å². The van der Waals surface area contributed by atoms with Crippen molar-refractivity contribution in [1.29, 1.82) is 0 Å². The van der Waals surface area contributed by atoms with Crippen LogP contribution in [0.2, 0.25) is 0 Å². The van der Waals surface area contributed by atoms with Gasteiger partial charge in [0.2, 0.25) is 0 Å². The fourth-order valence-electron chi connectivity index (χ4n) is 3.97. The lowest BCUT2D eigenvalue weighted by Gasteiger charge is -2.08. The van der Waals surface area contributed by atoms with Gasteiger partial charge in [-0.15, -0.1) is 0 Å². The molecule has 0 saturated heterocycles. The lowest BCUT2D eigenvalue weighted by Crippen LogP contribution is -1.99. The van der Waals surface area contributed by atoms with E-state index in [0.29, 0.717) is 0 Å². The van der Waals surface area contributed by atoms with E-state index in [-0.39, 0.29) is 0 Å². The van der Waals surface area contributed by atoms with Gasteiger partial charge in [-0.25, -0.2) is 0 Å². The zero-order valence-corrected chi connectivity index (χ0v) is 21.3. The first-order chi connectivity index (χ1) is 16.3. The Morgan fingerprint density at radius 2 is 1.24 bits per heavy atom. The van der Waals surface area contributed by atoms with Gasteiger partial charge in [0.15, 0.2) is 0 Å². The molecule has 2 rings (SSSR count). The summed E-state index contributed by atoms with van der Waals surface area (Å²) in [5.74, 6) is 0.953. The summed E-state index contributed by atoms with van der Waals surface area (Å²) in [6.07, 6.45) is 19.9. The number of rotatable bonds is 20. The van der Waals surface area contributed by atoms with E-state index in [1.54, 1.807) is 0 Å². The van der Waals surface area contributed by atoms with E-state index in [0.717, 1.165) is 62.5 Å². The van der Waals surface area contributed by atoms with Crippen molar-refractivity contribution < 1.29 is 9.47 Å². The summed E-state index contributed by atoms with van der Waals surface area (Å²) in [5.41, 5.74) is 3.42. The largest absolute Gasteiger partial charge is 0.494 e. The molecule has 0 fully saturated rings. The zero-order valence-electron chi connectivity index (χ0n) is 21.3. The molecule has 2 aromatic rings. The number of nitrogens with zero attached hydrogens (tertiary/aromatic N) is 1. The van der Waals surface area contributed by atoms with Crippen LogP contribution in [-0.2, 0) is 11.2 Å². The summed E-state index contributed by atoms with van der Waals surface area (Å²) < 4.78 is 11.6. The third kappa shape index (κ3) is 12.8. The number of hydrogen-bond acceptors (Lipinski definition) is 3. The maximum Gasteiger partial charge on any atom is 0.119 e. The molecule has 0 bridgehead atoms. The highest BCUT2D eigenvalue weighted by molar-refractivity contribution is 5.60. The molecule has 0 atom stereocenters. The van der Waals surface area contributed by atoms with Gasteiger partial charge in [0, 0.05) is 25.0 Å². The third-order valence-corrected chi connectivity index (χ3v) is 6.14. The standard InChI is InChI=1S/C30H47NO2/c1-3-5-7-8-9-10-11-12-13-14-25-33-29-20-18-28(19-21-29)30-22-17-27(26-31-30)16-15-24-32-23-6-4-2/h17-22,26H,3-16,23-25H2,1-2H3. The van der Waals surface area contributed by atoms with Gasteiger partial charge in [-0.05, 0) is 61.6 Å². The number of aryl methyl sites for hydroxylation is 1. The number of benzene rings is 1. The van der Waals surface area contributed by atoms with E-state index < -0.39 is 0 Å². The SMILES string of the molecule is CCCCCCCCCCCCOc1ccc(-c2ccc(CCCOCCCC)cn2)cc1. The number of ether oxygens (including phenoxy) is 2. The smallest absolute Gasteiger partial charge is 0.119 e. The van der Waals surface area contributed by atoms with Crippen LogP contribution in [0, 0.1) is 0 Å². The monoisotopic (exact) mass is 453 g/mol. The van der Waals surface area contributed by atoms with Gasteiger partial charge in [-0.1, -0.05) is 84.1 Å². The van der Waals surface area contributed by atoms with Crippen molar-refractivity contribution in [1.82, 2.24) is 4.98 Å². The van der Waals surface area contributed by atoms with Crippen LogP contribution >= 0.6 is 0 Å². The van der Waals surface area contributed by atoms with E-state index in [1.807, 2.05) is 6.20 Å². The normalized spacial score (nSPS) is 11.1. The maximum atomic E-state index is 5.94. The summed E-state index contributed by atoms with van der Waals surface area (Å²) in [4.78, 5) is 4.66. The van der Waals surface area contributed by atoms with Crippen molar-refractivity contribution >= 4 is 0 Å². The molecular weight excluding hydrogens is 406 g/mol. The molecule has 1 aromatic carbocycles. The number of aromatic nitrogens is 1. The van der Waals surface area contributed by atoms with Crippen molar-refractivity contribution in [3.8, 4) is 17.0 Å². The van der Waals surface area contributed by atoms with Crippen LogP contribution in [0.4, 0.5) is 0 Å². The van der Waals surface area contributed by atoms with Crippen LogP contribution in [-0.4, -0.2) is 24.8 Å². The Bertz CT molecular complexity index is 696. The van der Waals surface area contributed by atoms with Crippen molar-refractivity contribution in [3.05, 3.63) is 48.2 Å². The summed E-state index contributed by atoms with van der Waals surface area (Å²) in [6, 6.07) is 12.6. The third-order valence-electron chi connectivity index (χ3n) is 6.14. The summed E-state index contributed by atoms with van der Waals surface area (Å²) in [6.45, 7) is 7.00. The molecule has 184 valence electrons. The van der Waals surface area contributed by atoms with E-state index in [9.17, 15) is 0 Å². The second kappa shape index (κ2) is 18.5. The average molecular weight is 454 g/mol. The molecule has 0 radical (unpaired) electrons. The van der Waals surface area contributed by atoms with Gasteiger partial charge in [-0.2, -0.15) is 0 Å². The number of unbranched alkanes of at least 4 members (excludes halogenated alkanes) is 10. The van der Waals surface area contributed by atoms with Gasteiger partial charge in [0.1, 0.15) is 5.75 Å². The van der Waals surface area contributed by atoms with Crippen LogP contribution in [0.1, 0.15) is 103 Å². The summed E-state index contributed by atoms with van der Waals surface area (Å²) >= 11 is 0. The van der Waals surface area contributed by atoms with E-state index in [4.69, 9.17) is 9.47 Å². The highest BCUT2D eigenvalue weighted by atomic mass is 16.5. The Morgan fingerprint density at radius 1 is 0.606 bits per heavy atom. The second-order valence-corrected chi connectivity index (χ2v) is 9.18. The van der Waals surface area contributed by atoms with Crippen molar-refractivity contribution in [2.45, 2.75) is 104 Å². The van der Waals surface area contributed by atoms with Crippen LogP contribution in [0.15, 0.2) is 42.6 Å².